The van der Waals surface area contributed by atoms with Gasteiger partial charge in [0.1, 0.15) is 5.58 Å². The average molecular weight is 198 g/mol. The second-order valence-electron chi connectivity index (χ2n) is 3.28. The van der Waals surface area contributed by atoms with E-state index in [-0.39, 0.29) is 5.78 Å². The fraction of sp³-hybridized carbons (Fsp3) is 0.154. The van der Waals surface area contributed by atoms with Crippen LogP contribution in [-0.2, 0) is 0 Å². The standard InChI is InChI=1S/C13H10O2/c1-2-3-7-11(14)13-9-10-6-4-5-8-12(10)15-13/h1,4-6,8-9H,3,7H2. The minimum atomic E-state index is -0.0378. The molecule has 0 fully saturated rings. The maximum Gasteiger partial charge on any atom is 0.198 e. The summed E-state index contributed by atoms with van der Waals surface area (Å²) in [7, 11) is 0. The van der Waals surface area contributed by atoms with Crippen molar-refractivity contribution in [3.63, 3.8) is 0 Å². The van der Waals surface area contributed by atoms with Gasteiger partial charge in [0.15, 0.2) is 11.5 Å². The highest BCUT2D eigenvalue weighted by Gasteiger charge is 2.10. The van der Waals surface area contributed by atoms with Crippen molar-refractivity contribution in [2.75, 3.05) is 0 Å². The Bertz CT molecular complexity index is 496. The van der Waals surface area contributed by atoms with Crippen LogP contribution in [0.3, 0.4) is 0 Å². The summed E-state index contributed by atoms with van der Waals surface area (Å²) in [5.41, 5.74) is 0.738. The number of terminal acetylenes is 1. The quantitative estimate of drug-likeness (QED) is 0.560. The van der Waals surface area contributed by atoms with E-state index in [9.17, 15) is 4.79 Å². The molecule has 0 bridgehead atoms. The lowest BCUT2D eigenvalue weighted by molar-refractivity contribution is 0.0959. The Kier molecular flexibility index (Phi) is 2.55. The first kappa shape index (κ1) is 9.54. The van der Waals surface area contributed by atoms with E-state index in [0.717, 1.165) is 11.0 Å². The molecule has 0 spiro atoms. The summed E-state index contributed by atoms with van der Waals surface area (Å²) in [6.07, 6.45) is 5.89. The smallest absolute Gasteiger partial charge is 0.198 e. The molecular weight excluding hydrogens is 188 g/mol. The van der Waals surface area contributed by atoms with Crippen molar-refractivity contribution in [1.29, 1.82) is 0 Å². The molecular formula is C13H10O2. The van der Waals surface area contributed by atoms with Crippen LogP contribution in [0.1, 0.15) is 23.4 Å². The molecule has 2 rings (SSSR count). The molecule has 1 heterocycles. The van der Waals surface area contributed by atoms with Gasteiger partial charge in [-0.2, -0.15) is 0 Å². The van der Waals surface area contributed by atoms with E-state index in [0.29, 0.717) is 18.6 Å². The van der Waals surface area contributed by atoms with Gasteiger partial charge in [-0.25, -0.2) is 0 Å². The molecule has 0 saturated heterocycles. The first-order valence-electron chi connectivity index (χ1n) is 4.76. The fourth-order valence-electron chi connectivity index (χ4n) is 1.43. The third-order valence-corrected chi connectivity index (χ3v) is 2.20. The third kappa shape index (κ3) is 1.92. The zero-order chi connectivity index (χ0) is 10.7. The highest BCUT2D eigenvalue weighted by molar-refractivity contribution is 5.97. The summed E-state index contributed by atoms with van der Waals surface area (Å²) in [5, 5.41) is 0.946. The average Bonchev–Trinajstić information content (AvgIpc) is 2.69. The van der Waals surface area contributed by atoms with Gasteiger partial charge in [-0.15, -0.1) is 12.3 Å². The number of benzene rings is 1. The molecule has 1 aromatic heterocycles. The van der Waals surface area contributed by atoms with Crippen molar-refractivity contribution < 1.29 is 9.21 Å². The van der Waals surface area contributed by atoms with Crippen LogP contribution in [0.5, 0.6) is 0 Å². The Labute approximate surface area is 87.9 Å². The maximum absolute atomic E-state index is 11.6. The molecule has 0 radical (unpaired) electrons. The van der Waals surface area contributed by atoms with Gasteiger partial charge in [-0.1, -0.05) is 18.2 Å². The van der Waals surface area contributed by atoms with Crippen molar-refractivity contribution in [2.45, 2.75) is 12.8 Å². The van der Waals surface area contributed by atoms with Gasteiger partial charge >= 0.3 is 0 Å². The minimum absolute atomic E-state index is 0.0378. The Morgan fingerprint density at radius 3 is 2.93 bits per heavy atom. The fourth-order valence-corrected chi connectivity index (χ4v) is 1.43. The van der Waals surface area contributed by atoms with Gasteiger partial charge in [0.25, 0.3) is 0 Å². The van der Waals surface area contributed by atoms with Crippen LogP contribution in [0.2, 0.25) is 0 Å². The topological polar surface area (TPSA) is 30.2 Å². The van der Waals surface area contributed by atoms with Crippen molar-refractivity contribution in [2.24, 2.45) is 0 Å². The van der Waals surface area contributed by atoms with Crippen LogP contribution in [0.15, 0.2) is 34.7 Å². The Morgan fingerprint density at radius 2 is 2.20 bits per heavy atom. The van der Waals surface area contributed by atoms with Gasteiger partial charge in [-0.3, -0.25) is 4.79 Å². The lowest BCUT2D eigenvalue weighted by Gasteiger charge is -1.90. The summed E-state index contributed by atoms with van der Waals surface area (Å²) in [5.74, 6) is 2.80. The van der Waals surface area contributed by atoms with E-state index < -0.39 is 0 Å². The number of hydrogen-bond donors (Lipinski definition) is 0. The SMILES string of the molecule is C#CCCC(=O)c1cc2ccccc2o1. The maximum atomic E-state index is 11.6. The molecule has 0 aliphatic heterocycles. The number of fused-ring (bicyclic) bond motifs is 1. The van der Waals surface area contributed by atoms with Crippen molar-refractivity contribution in [1.82, 2.24) is 0 Å². The van der Waals surface area contributed by atoms with Crippen molar-refractivity contribution in [3.05, 3.63) is 36.1 Å². The predicted molar refractivity (Wildman–Crippen MR) is 58.6 cm³/mol. The zero-order valence-corrected chi connectivity index (χ0v) is 8.19. The van der Waals surface area contributed by atoms with Gasteiger partial charge in [0.2, 0.25) is 0 Å². The van der Waals surface area contributed by atoms with E-state index in [2.05, 4.69) is 5.92 Å². The van der Waals surface area contributed by atoms with E-state index in [1.807, 2.05) is 24.3 Å². The van der Waals surface area contributed by atoms with Gasteiger partial charge in [0, 0.05) is 18.2 Å². The van der Waals surface area contributed by atoms with Crippen molar-refractivity contribution >= 4 is 16.8 Å². The number of para-hydroxylation sites is 1. The molecule has 0 saturated carbocycles. The second-order valence-corrected chi connectivity index (χ2v) is 3.28. The van der Waals surface area contributed by atoms with Gasteiger partial charge < -0.3 is 4.42 Å². The summed E-state index contributed by atoms with van der Waals surface area (Å²) < 4.78 is 5.41. The number of rotatable bonds is 3. The molecule has 2 aromatic rings. The summed E-state index contributed by atoms with van der Waals surface area (Å²) >= 11 is 0. The molecule has 2 nitrogen and oxygen atoms in total. The first-order valence-corrected chi connectivity index (χ1v) is 4.76. The number of furan rings is 1. The molecule has 0 unspecified atom stereocenters. The molecule has 0 aliphatic rings. The molecule has 15 heavy (non-hydrogen) atoms. The Morgan fingerprint density at radius 1 is 1.40 bits per heavy atom. The number of ketones is 1. The largest absolute Gasteiger partial charge is 0.453 e. The lowest BCUT2D eigenvalue weighted by atomic mass is 10.2. The van der Waals surface area contributed by atoms with E-state index in [4.69, 9.17) is 10.8 Å². The second kappa shape index (κ2) is 4.02. The first-order chi connectivity index (χ1) is 7.31. The number of Topliss-reactive ketones (excluding diaryl/α,β-unsaturated/α-hetero) is 1. The molecule has 0 aliphatic carbocycles. The van der Waals surface area contributed by atoms with Crippen LogP contribution >= 0.6 is 0 Å². The third-order valence-electron chi connectivity index (χ3n) is 2.20. The predicted octanol–water partition coefficient (Wildman–Crippen LogP) is 3.03. The normalized spacial score (nSPS) is 10.1. The summed E-state index contributed by atoms with van der Waals surface area (Å²) in [6.45, 7) is 0. The lowest BCUT2D eigenvalue weighted by Crippen LogP contribution is -1.95. The minimum Gasteiger partial charge on any atom is -0.453 e. The van der Waals surface area contributed by atoms with Gasteiger partial charge in [-0.05, 0) is 12.1 Å². The molecule has 0 N–H and O–H groups in total. The van der Waals surface area contributed by atoms with Crippen LogP contribution in [0.4, 0.5) is 0 Å². The van der Waals surface area contributed by atoms with Crippen LogP contribution in [0.25, 0.3) is 11.0 Å². The molecule has 2 heteroatoms. The summed E-state index contributed by atoms with van der Waals surface area (Å²) in [6, 6.07) is 9.30. The number of carbonyl (C=O) groups excluding carboxylic acids is 1. The highest BCUT2D eigenvalue weighted by atomic mass is 16.3. The molecule has 0 atom stereocenters. The number of hydrogen-bond acceptors (Lipinski definition) is 2. The molecule has 1 aromatic carbocycles. The molecule has 0 amide bonds. The highest BCUT2D eigenvalue weighted by Crippen LogP contribution is 2.19. The van der Waals surface area contributed by atoms with E-state index in [1.54, 1.807) is 6.07 Å². The molecule has 74 valence electrons. The Balaban J connectivity index is 2.29. The Hall–Kier alpha value is -2.01. The number of carbonyl (C=O) groups is 1. The van der Waals surface area contributed by atoms with Crippen LogP contribution in [-0.4, -0.2) is 5.78 Å². The van der Waals surface area contributed by atoms with Crippen LogP contribution < -0.4 is 0 Å². The van der Waals surface area contributed by atoms with Gasteiger partial charge in [0.05, 0.1) is 0 Å². The van der Waals surface area contributed by atoms with E-state index in [1.165, 1.54) is 0 Å². The van der Waals surface area contributed by atoms with Crippen LogP contribution in [0, 0.1) is 12.3 Å². The van der Waals surface area contributed by atoms with E-state index >= 15 is 0 Å². The van der Waals surface area contributed by atoms with Crippen molar-refractivity contribution in [3.8, 4) is 12.3 Å². The summed E-state index contributed by atoms with van der Waals surface area (Å²) in [4.78, 5) is 11.6. The zero-order valence-electron chi connectivity index (χ0n) is 8.19. The monoisotopic (exact) mass is 198 g/mol.